The summed E-state index contributed by atoms with van der Waals surface area (Å²) in [5, 5.41) is 0. The molecule has 2 aromatic rings. The number of fused-ring (bicyclic) bond motifs is 1. The van der Waals surface area contributed by atoms with Crippen molar-refractivity contribution in [3.8, 4) is 11.1 Å². The molecule has 0 heterocycles. The highest BCUT2D eigenvalue weighted by molar-refractivity contribution is 5.64. The molecule has 0 radical (unpaired) electrons. The van der Waals surface area contributed by atoms with Crippen LogP contribution in [0.4, 0.5) is 8.78 Å². The van der Waals surface area contributed by atoms with E-state index >= 15 is 0 Å². The molecule has 0 bridgehead atoms. The molecule has 2 unspecified atom stereocenters. The van der Waals surface area contributed by atoms with Gasteiger partial charge < -0.3 is 0 Å². The Labute approximate surface area is 136 Å². The SMILES string of the molecule is CC1CC2CC(c3ccc(-c4cc(F)cc(F)c4)cc3)CC2C1. The van der Waals surface area contributed by atoms with E-state index in [2.05, 4.69) is 19.1 Å². The molecule has 0 aromatic heterocycles. The summed E-state index contributed by atoms with van der Waals surface area (Å²) in [4.78, 5) is 0. The number of hydrogen-bond donors (Lipinski definition) is 0. The smallest absolute Gasteiger partial charge is 0.126 e. The first-order valence-electron chi connectivity index (χ1n) is 8.65. The Morgan fingerprint density at radius 1 is 0.739 bits per heavy atom. The van der Waals surface area contributed by atoms with Crippen LogP contribution in [0.1, 0.15) is 44.1 Å². The maximum atomic E-state index is 13.4. The molecule has 0 aliphatic heterocycles. The lowest BCUT2D eigenvalue weighted by Crippen LogP contribution is -1.97. The second kappa shape index (κ2) is 5.74. The molecule has 0 N–H and O–H groups in total. The largest absolute Gasteiger partial charge is 0.207 e. The zero-order valence-corrected chi connectivity index (χ0v) is 13.4. The van der Waals surface area contributed by atoms with Crippen LogP contribution in [0.25, 0.3) is 11.1 Å². The summed E-state index contributed by atoms with van der Waals surface area (Å²) in [6.45, 7) is 2.38. The first-order valence-corrected chi connectivity index (χ1v) is 8.65. The van der Waals surface area contributed by atoms with Crippen LogP contribution < -0.4 is 0 Å². The first kappa shape index (κ1) is 14.9. The summed E-state index contributed by atoms with van der Waals surface area (Å²) < 4.78 is 26.7. The number of halogens is 2. The fraction of sp³-hybridized carbons (Fsp3) is 0.429. The fourth-order valence-electron chi connectivity index (χ4n) is 4.86. The van der Waals surface area contributed by atoms with Crippen molar-refractivity contribution in [2.75, 3.05) is 0 Å². The minimum absolute atomic E-state index is 0.526. The average Bonchev–Trinajstić information content (AvgIpc) is 3.03. The molecule has 0 nitrogen and oxygen atoms in total. The maximum Gasteiger partial charge on any atom is 0.126 e. The van der Waals surface area contributed by atoms with Gasteiger partial charge in [0.15, 0.2) is 0 Å². The van der Waals surface area contributed by atoms with Crippen LogP contribution in [-0.2, 0) is 0 Å². The van der Waals surface area contributed by atoms with Crippen LogP contribution in [0.2, 0.25) is 0 Å². The molecule has 0 spiro atoms. The predicted molar refractivity (Wildman–Crippen MR) is 89.1 cm³/mol. The van der Waals surface area contributed by atoms with E-state index in [4.69, 9.17) is 0 Å². The van der Waals surface area contributed by atoms with E-state index in [0.29, 0.717) is 11.5 Å². The minimum atomic E-state index is -0.526. The van der Waals surface area contributed by atoms with Crippen LogP contribution in [0.15, 0.2) is 42.5 Å². The van der Waals surface area contributed by atoms with E-state index in [-0.39, 0.29) is 0 Å². The predicted octanol–water partition coefficient (Wildman–Crippen LogP) is 6.17. The van der Waals surface area contributed by atoms with Crippen molar-refractivity contribution in [1.82, 2.24) is 0 Å². The molecule has 2 aliphatic rings. The van der Waals surface area contributed by atoms with Gasteiger partial charge in [-0.3, -0.25) is 0 Å². The third-order valence-corrected chi connectivity index (χ3v) is 5.83. The van der Waals surface area contributed by atoms with Gasteiger partial charge in [0.1, 0.15) is 11.6 Å². The van der Waals surface area contributed by atoms with E-state index in [1.54, 1.807) is 0 Å². The van der Waals surface area contributed by atoms with Gasteiger partial charge >= 0.3 is 0 Å². The Morgan fingerprint density at radius 3 is 1.87 bits per heavy atom. The summed E-state index contributed by atoms with van der Waals surface area (Å²) in [5.41, 5.74) is 2.86. The topological polar surface area (TPSA) is 0 Å². The van der Waals surface area contributed by atoms with E-state index in [0.717, 1.165) is 29.4 Å². The number of hydrogen-bond acceptors (Lipinski definition) is 0. The van der Waals surface area contributed by atoms with Crippen LogP contribution in [0.5, 0.6) is 0 Å². The molecular weight excluding hydrogens is 290 g/mol. The van der Waals surface area contributed by atoms with Crippen molar-refractivity contribution in [3.05, 3.63) is 59.7 Å². The summed E-state index contributed by atoms with van der Waals surface area (Å²) in [6, 6.07) is 12.0. The monoisotopic (exact) mass is 312 g/mol. The van der Waals surface area contributed by atoms with E-state index in [1.807, 2.05) is 12.1 Å². The molecule has 2 atom stereocenters. The Morgan fingerprint density at radius 2 is 1.30 bits per heavy atom. The second-order valence-corrected chi connectivity index (χ2v) is 7.55. The van der Waals surface area contributed by atoms with E-state index < -0.39 is 11.6 Å². The lowest BCUT2D eigenvalue weighted by atomic mass is 9.91. The average molecular weight is 312 g/mol. The van der Waals surface area contributed by atoms with Crippen LogP contribution >= 0.6 is 0 Å². The molecule has 2 aromatic carbocycles. The summed E-state index contributed by atoms with van der Waals surface area (Å²) in [7, 11) is 0. The number of benzene rings is 2. The van der Waals surface area contributed by atoms with E-state index in [9.17, 15) is 8.78 Å². The van der Waals surface area contributed by atoms with Gasteiger partial charge in [0.25, 0.3) is 0 Å². The molecule has 2 fully saturated rings. The van der Waals surface area contributed by atoms with Crippen molar-refractivity contribution in [2.45, 2.75) is 38.5 Å². The molecule has 23 heavy (non-hydrogen) atoms. The van der Waals surface area contributed by atoms with Crippen molar-refractivity contribution < 1.29 is 8.78 Å². The highest BCUT2D eigenvalue weighted by Crippen LogP contribution is 2.52. The molecule has 0 amide bonds. The molecule has 2 saturated carbocycles. The Hall–Kier alpha value is -1.70. The zero-order chi connectivity index (χ0) is 16.0. The lowest BCUT2D eigenvalue weighted by Gasteiger charge is -2.14. The van der Waals surface area contributed by atoms with Gasteiger partial charge in [-0.25, -0.2) is 8.78 Å². The molecular formula is C21H22F2. The third-order valence-electron chi connectivity index (χ3n) is 5.83. The fourth-order valence-corrected chi connectivity index (χ4v) is 4.86. The van der Waals surface area contributed by atoms with Gasteiger partial charge in [-0.1, -0.05) is 31.2 Å². The van der Waals surface area contributed by atoms with Gasteiger partial charge in [-0.05, 0) is 78.2 Å². The van der Waals surface area contributed by atoms with Crippen molar-refractivity contribution in [1.29, 1.82) is 0 Å². The van der Waals surface area contributed by atoms with Gasteiger partial charge in [-0.15, -0.1) is 0 Å². The molecule has 2 aliphatic carbocycles. The van der Waals surface area contributed by atoms with Crippen LogP contribution in [0, 0.1) is 29.4 Å². The van der Waals surface area contributed by atoms with E-state index in [1.165, 1.54) is 43.4 Å². The lowest BCUT2D eigenvalue weighted by molar-refractivity contribution is 0.457. The van der Waals surface area contributed by atoms with Gasteiger partial charge in [0, 0.05) is 6.07 Å². The zero-order valence-electron chi connectivity index (χ0n) is 13.4. The minimum Gasteiger partial charge on any atom is -0.207 e. The quantitative estimate of drug-likeness (QED) is 0.622. The number of rotatable bonds is 2. The maximum absolute atomic E-state index is 13.4. The Kier molecular flexibility index (Phi) is 3.71. The highest BCUT2D eigenvalue weighted by atomic mass is 19.1. The van der Waals surface area contributed by atoms with Crippen molar-refractivity contribution >= 4 is 0 Å². The Bertz CT molecular complexity index is 670. The summed E-state index contributed by atoms with van der Waals surface area (Å²) in [5.74, 6) is 2.33. The van der Waals surface area contributed by atoms with Crippen LogP contribution in [0.3, 0.4) is 0 Å². The summed E-state index contributed by atoms with van der Waals surface area (Å²) >= 11 is 0. The first-order chi connectivity index (χ1) is 11.1. The molecule has 4 rings (SSSR count). The summed E-state index contributed by atoms with van der Waals surface area (Å²) in [6.07, 6.45) is 5.40. The van der Waals surface area contributed by atoms with Gasteiger partial charge in [-0.2, -0.15) is 0 Å². The highest BCUT2D eigenvalue weighted by Gasteiger charge is 2.40. The van der Waals surface area contributed by atoms with Gasteiger partial charge in [0.2, 0.25) is 0 Å². The standard InChI is InChI=1S/C21H22F2/c1-13-6-16-8-18(9-17(16)7-13)14-2-4-15(5-3-14)19-10-20(22)12-21(23)11-19/h2-5,10-13,16-18H,6-9H2,1H3. The second-order valence-electron chi connectivity index (χ2n) is 7.55. The van der Waals surface area contributed by atoms with Gasteiger partial charge in [0.05, 0.1) is 0 Å². The molecule has 2 heteroatoms. The van der Waals surface area contributed by atoms with Crippen molar-refractivity contribution in [2.24, 2.45) is 17.8 Å². The van der Waals surface area contributed by atoms with Crippen molar-refractivity contribution in [3.63, 3.8) is 0 Å². The normalized spacial score (nSPS) is 29.7. The molecule has 0 saturated heterocycles. The molecule has 120 valence electrons. The third kappa shape index (κ3) is 2.91. The Balaban J connectivity index is 1.53. The van der Waals surface area contributed by atoms with Crippen LogP contribution in [-0.4, -0.2) is 0 Å².